The summed E-state index contributed by atoms with van der Waals surface area (Å²) in [5.74, 6) is 0. The highest BCUT2D eigenvalue weighted by molar-refractivity contribution is 7.90. The van der Waals surface area contributed by atoms with Crippen molar-refractivity contribution in [1.29, 1.82) is 0 Å². The molecule has 1 unspecified atom stereocenters. The van der Waals surface area contributed by atoms with Crippen molar-refractivity contribution >= 4 is 21.6 Å². The van der Waals surface area contributed by atoms with Gasteiger partial charge >= 0.3 is 0 Å². The Kier molecular flexibility index (Phi) is 5.92. The third-order valence-electron chi connectivity index (χ3n) is 1.73. The standard InChI is InChI=1S/C8H18ClNO2S/c1-4-5-8(9)6-10-13(11,12)7(2)3/h7-8,10H,4-6H2,1-3H3. The van der Waals surface area contributed by atoms with E-state index in [1.807, 2.05) is 6.92 Å². The summed E-state index contributed by atoms with van der Waals surface area (Å²) in [5.41, 5.74) is 0. The van der Waals surface area contributed by atoms with Crippen LogP contribution in [0.2, 0.25) is 0 Å². The fraction of sp³-hybridized carbons (Fsp3) is 1.00. The second-order valence-corrected chi connectivity index (χ2v) is 6.27. The summed E-state index contributed by atoms with van der Waals surface area (Å²) in [6.45, 7) is 5.64. The van der Waals surface area contributed by atoms with Crippen molar-refractivity contribution in [3.05, 3.63) is 0 Å². The van der Waals surface area contributed by atoms with Crippen molar-refractivity contribution in [2.75, 3.05) is 6.54 Å². The average molecular weight is 228 g/mol. The third-order valence-corrected chi connectivity index (χ3v) is 3.91. The van der Waals surface area contributed by atoms with E-state index in [0.29, 0.717) is 6.54 Å². The molecule has 0 heterocycles. The molecule has 0 bridgehead atoms. The highest BCUT2D eigenvalue weighted by Gasteiger charge is 2.16. The number of hydrogen-bond acceptors (Lipinski definition) is 2. The molecule has 1 atom stereocenters. The van der Waals surface area contributed by atoms with Gasteiger partial charge in [0.05, 0.1) is 5.25 Å². The average Bonchev–Trinajstić information content (AvgIpc) is 2.01. The fourth-order valence-corrected chi connectivity index (χ4v) is 1.94. The Labute approximate surface area is 85.9 Å². The van der Waals surface area contributed by atoms with Crippen LogP contribution in [0.4, 0.5) is 0 Å². The number of alkyl halides is 1. The van der Waals surface area contributed by atoms with E-state index < -0.39 is 15.3 Å². The van der Waals surface area contributed by atoms with E-state index in [0.717, 1.165) is 12.8 Å². The molecule has 0 aromatic carbocycles. The molecule has 0 saturated heterocycles. The van der Waals surface area contributed by atoms with Crippen LogP contribution in [0.15, 0.2) is 0 Å². The van der Waals surface area contributed by atoms with Crippen LogP contribution in [0.25, 0.3) is 0 Å². The zero-order valence-electron chi connectivity index (χ0n) is 8.38. The zero-order chi connectivity index (χ0) is 10.5. The first kappa shape index (κ1) is 13.2. The molecule has 3 nitrogen and oxygen atoms in total. The molecule has 0 aromatic rings. The number of nitrogens with one attached hydrogen (secondary N) is 1. The first-order chi connectivity index (χ1) is 5.90. The smallest absolute Gasteiger partial charge is 0.213 e. The van der Waals surface area contributed by atoms with Crippen molar-refractivity contribution in [3.63, 3.8) is 0 Å². The van der Waals surface area contributed by atoms with E-state index in [4.69, 9.17) is 11.6 Å². The van der Waals surface area contributed by atoms with Gasteiger partial charge in [-0.05, 0) is 20.3 Å². The zero-order valence-corrected chi connectivity index (χ0v) is 9.95. The van der Waals surface area contributed by atoms with E-state index in [1.54, 1.807) is 13.8 Å². The van der Waals surface area contributed by atoms with Crippen LogP contribution >= 0.6 is 11.6 Å². The van der Waals surface area contributed by atoms with Gasteiger partial charge in [0.2, 0.25) is 10.0 Å². The lowest BCUT2D eigenvalue weighted by molar-refractivity contribution is 0.568. The van der Waals surface area contributed by atoms with Gasteiger partial charge in [0, 0.05) is 11.9 Å². The van der Waals surface area contributed by atoms with Gasteiger partial charge in [0.25, 0.3) is 0 Å². The van der Waals surface area contributed by atoms with E-state index in [1.165, 1.54) is 0 Å². The minimum atomic E-state index is -3.15. The molecule has 0 radical (unpaired) electrons. The van der Waals surface area contributed by atoms with Crippen molar-refractivity contribution in [3.8, 4) is 0 Å². The predicted octanol–water partition coefficient (Wildman–Crippen LogP) is 1.72. The Bertz CT molecular complexity index is 226. The quantitative estimate of drug-likeness (QED) is 0.703. The summed E-state index contributed by atoms with van der Waals surface area (Å²) in [6.07, 6.45) is 1.81. The molecule has 0 amide bonds. The second kappa shape index (κ2) is 5.83. The molecule has 0 aliphatic carbocycles. The number of halogens is 1. The summed E-state index contributed by atoms with van der Waals surface area (Å²) in [5, 5.41) is -0.489. The Morgan fingerprint density at radius 3 is 2.31 bits per heavy atom. The minimum Gasteiger partial charge on any atom is -0.214 e. The molecule has 80 valence electrons. The lowest BCUT2D eigenvalue weighted by Gasteiger charge is -2.12. The first-order valence-corrected chi connectivity index (χ1v) is 6.51. The van der Waals surface area contributed by atoms with Gasteiger partial charge in [-0.2, -0.15) is 0 Å². The monoisotopic (exact) mass is 227 g/mol. The highest BCUT2D eigenvalue weighted by Crippen LogP contribution is 2.05. The van der Waals surface area contributed by atoms with Crippen LogP contribution in [0.3, 0.4) is 0 Å². The molecule has 0 aliphatic heterocycles. The van der Waals surface area contributed by atoms with Crippen LogP contribution in [0, 0.1) is 0 Å². The largest absolute Gasteiger partial charge is 0.214 e. The Hall–Kier alpha value is 0.200. The van der Waals surface area contributed by atoms with E-state index in [9.17, 15) is 8.42 Å². The fourth-order valence-electron chi connectivity index (χ4n) is 0.789. The highest BCUT2D eigenvalue weighted by atomic mass is 35.5. The molecule has 13 heavy (non-hydrogen) atoms. The summed E-state index contributed by atoms with van der Waals surface area (Å²) in [7, 11) is -3.15. The maximum absolute atomic E-state index is 11.3. The SMILES string of the molecule is CCCC(Cl)CNS(=O)(=O)C(C)C. The van der Waals surface area contributed by atoms with E-state index >= 15 is 0 Å². The van der Waals surface area contributed by atoms with Crippen LogP contribution in [0.5, 0.6) is 0 Å². The van der Waals surface area contributed by atoms with Crippen molar-refractivity contribution in [2.24, 2.45) is 0 Å². The Morgan fingerprint density at radius 2 is 1.92 bits per heavy atom. The lowest BCUT2D eigenvalue weighted by atomic mass is 10.2. The van der Waals surface area contributed by atoms with Crippen LogP contribution < -0.4 is 4.72 Å². The Morgan fingerprint density at radius 1 is 1.38 bits per heavy atom. The molecule has 0 aromatic heterocycles. The van der Waals surface area contributed by atoms with Gasteiger partial charge in [0.1, 0.15) is 0 Å². The summed E-state index contributed by atoms with van der Waals surface area (Å²) >= 11 is 5.86. The van der Waals surface area contributed by atoms with Gasteiger partial charge in [-0.3, -0.25) is 0 Å². The normalized spacial score (nSPS) is 14.8. The van der Waals surface area contributed by atoms with Gasteiger partial charge in [0.15, 0.2) is 0 Å². The van der Waals surface area contributed by atoms with Crippen LogP contribution in [-0.4, -0.2) is 25.6 Å². The predicted molar refractivity (Wildman–Crippen MR) is 56.6 cm³/mol. The molecular formula is C8H18ClNO2S. The van der Waals surface area contributed by atoms with Gasteiger partial charge in [-0.15, -0.1) is 11.6 Å². The van der Waals surface area contributed by atoms with Crippen molar-refractivity contribution in [2.45, 2.75) is 44.2 Å². The van der Waals surface area contributed by atoms with E-state index in [-0.39, 0.29) is 5.38 Å². The van der Waals surface area contributed by atoms with Crippen molar-refractivity contribution < 1.29 is 8.42 Å². The van der Waals surface area contributed by atoms with Gasteiger partial charge in [-0.1, -0.05) is 13.3 Å². The molecule has 0 spiro atoms. The molecule has 0 aliphatic rings. The van der Waals surface area contributed by atoms with Gasteiger partial charge in [-0.25, -0.2) is 13.1 Å². The van der Waals surface area contributed by atoms with Crippen LogP contribution in [-0.2, 0) is 10.0 Å². The maximum Gasteiger partial charge on any atom is 0.213 e. The molecule has 5 heteroatoms. The molecule has 0 fully saturated rings. The third kappa shape index (κ3) is 5.49. The van der Waals surface area contributed by atoms with Gasteiger partial charge < -0.3 is 0 Å². The lowest BCUT2D eigenvalue weighted by Crippen LogP contribution is -2.34. The molecular weight excluding hydrogens is 210 g/mol. The summed E-state index contributed by atoms with van der Waals surface area (Å²) in [4.78, 5) is 0. The summed E-state index contributed by atoms with van der Waals surface area (Å²) < 4.78 is 25.0. The molecule has 1 N–H and O–H groups in total. The molecule has 0 rings (SSSR count). The summed E-state index contributed by atoms with van der Waals surface area (Å²) in [6, 6.07) is 0. The van der Waals surface area contributed by atoms with E-state index in [2.05, 4.69) is 4.72 Å². The maximum atomic E-state index is 11.3. The van der Waals surface area contributed by atoms with Crippen molar-refractivity contribution in [1.82, 2.24) is 4.72 Å². The number of rotatable bonds is 6. The van der Waals surface area contributed by atoms with Crippen LogP contribution in [0.1, 0.15) is 33.6 Å². The Balaban J connectivity index is 3.89. The topological polar surface area (TPSA) is 46.2 Å². The number of sulfonamides is 1. The minimum absolute atomic E-state index is 0.0986. The number of hydrogen-bond donors (Lipinski definition) is 1. The second-order valence-electron chi connectivity index (χ2n) is 3.33. The molecule has 0 saturated carbocycles. The first-order valence-electron chi connectivity index (χ1n) is 4.52.